The molecule has 1 aromatic carbocycles. The van der Waals surface area contributed by atoms with E-state index in [4.69, 9.17) is 14.9 Å². The lowest BCUT2D eigenvalue weighted by Crippen LogP contribution is -2.03. The summed E-state index contributed by atoms with van der Waals surface area (Å²) < 4.78 is 5.36. The standard InChI is InChI=1S/C13H16O4/c1-9-8-12(17-6-5-14)10(2)7-11(9)3-4-13(15)16/h3-4,7-8,14H,5-6H2,1-2H3,(H,15,16). The lowest BCUT2D eigenvalue weighted by atomic mass is 10.0. The molecule has 0 fully saturated rings. The Labute approximate surface area is 100 Å². The third-order valence-corrected chi connectivity index (χ3v) is 2.32. The number of aryl methyl sites for hydroxylation is 2. The second-order valence-electron chi connectivity index (χ2n) is 3.72. The van der Waals surface area contributed by atoms with Crippen molar-refractivity contribution in [3.8, 4) is 5.75 Å². The molecule has 0 radical (unpaired) electrons. The van der Waals surface area contributed by atoms with E-state index in [0.29, 0.717) is 5.75 Å². The van der Waals surface area contributed by atoms with Gasteiger partial charge in [-0.15, -0.1) is 0 Å². The zero-order valence-corrected chi connectivity index (χ0v) is 9.93. The van der Waals surface area contributed by atoms with Crippen LogP contribution >= 0.6 is 0 Å². The Kier molecular flexibility index (Phi) is 4.72. The van der Waals surface area contributed by atoms with E-state index in [0.717, 1.165) is 22.8 Å². The molecule has 0 bridgehead atoms. The quantitative estimate of drug-likeness (QED) is 0.765. The number of carbonyl (C=O) groups is 1. The van der Waals surface area contributed by atoms with Gasteiger partial charge in [-0.3, -0.25) is 0 Å². The predicted molar refractivity (Wildman–Crippen MR) is 65.2 cm³/mol. The first-order valence-electron chi connectivity index (χ1n) is 5.30. The SMILES string of the molecule is Cc1cc(OCCO)c(C)cc1C=CC(=O)O. The molecule has 2 N–H and O–H groups in total. The number of aliphatic hydroxyl groups is 1. The molecule has 0 atom stereocenters. The van der Waals surface area contributed by atoms with E-state index >= 15 is 0 Å². The van der Waals surface area contributed by atoms with Gasteiger partial charge < -0.3 is 14.9 Å². The van der Waals surface area contributed by atoms with Crippen molar-refractivity contribution in [3.63, 3.8) is 0 Å². The van der Waals surface area contributed by atoms with Gasteiger partial charge in [-0.25, -0.2) is 4.79 Å². The normalized spacial score (nSPS) is 10.8. The molecule has 0 spiro atoms. The molecule has 0 amide bonds. The van der Waals surface area contributed by atoms with Crippen molar-refractivity contribution in [2.75, 3.05) is 13.2 Å². The van der Waals surface area contributed by atoms with Gasteiger partial charge in [-0.1, -0.05) is 0 Å². The summed E-state index contributed by atoms with van der Waals surface area (Å²) in [6.45, 7) is 3.99. The first kappa shape index (κ1) is 13.3. The highest BCUT2D eigenvalue weighted by molar-refractivity contribution is 5.85. The topological polar surface area (TPSA) is 66.8 Å². The van der Waals surface area contributed by atoms with Gasteiger partial charge in [0, 0.05) is 6.08 Å². The molecular weight excluding hydrogens is 220 g/mol. The number of hydrogen-bond acceptors (Lipinski definition) is 3. The molecule has 0 saturated heterocycles. The Morgan fingerprint density at radius 3 is 2.65 bits per heavy atom. The average Bonchev–Trinajstić information content (AvgIpc) is 2.27. The van der Waals surface area contributed by atoms with Gasteiger partial charge >= 0.3 is 5.97 Å². The monoisotopic (exact) mass is 236 g/mol. The minimum Gasteiger partial charge on any atom is -0.491 e. The van der Waals surface area contributed by atoms with Crippen molar-refractivity contribution in [2.45, 2.75) is 13.8 Å². The van der Waals surface area contributed by atoms with Gasteiger partial charge in [0.15, 0.2) is 0 Å². The van der Waals surface area contributed by atoms with Crippen molar-refractivity contribution >= 4 is 12.0 Å². The molecule has 4 heteroatoms. The third-order valence-electron chi connectivity index (χ3n) is 2.32. The molecule has 0 aromatic heterocycles. The molecule has 0 aliphatic carbocycles. The van der Waals surface area contributed by atoms with E-state index in [1.165, 1.54) is 0 Å². The van der Waals surface area contributed by atoms with Crippen molar-refractivity contribution in [1.82, 2.24) is 0 Å². The summed E-state index contributed by atoms with van der Waals surface area (Å²) >= 11 is 0. The van der Waals surface area contributed by atoms with Gasteiger partial charge in [-0.2, -0.15) is 0 Å². The Morgan fingerprint density at radius 1 is 1.35 bits per heavy atom. The van der Waals surface area contributed by atoms with Crippen LogP contribution in [0.3, 0.4) is 0 Å². The number of hydrogen-bond donors (Lipinski definition) is 2. The Bertz CT molecular complexity index is 435. The Balaban J connectivity index is 2.96. The molecule has 0 unspecified atom stereocenters. The van der Waals surface area contributed by atoms with Gasteiger partial charge in [0.25, 0.3) is 0 Å². The molecular formula is C13H16O4. The van der Waals surface area contributed by atoms with Crippen LogP contribution < -0.4 is 4.74 Å². The number of carboxylic acid groups (broad SMARTS) is 1. The zero-order valence-electron chi connectivity index (χ0n) is 9.93. The molecule has 1 aromatic rings. The highest BCUT2D eigenvalue weighted by Crippen LogP contribution is 2.23. The lowest BCUT2D eigenvalue weighted by Gasteiger charge is -2.10. The molecule has 92 valence electrons. The molecule has 4 nitrogen and oxygen atoms in total. The lowest BCUT2D eigenvalue weighted by molar-refractivity contribution is -0.131. The fourth-order valence-electron chi connectivity index (χ4n) is 1.46. The molecule has 0 aliphatic heterocycles. The number of benzene rings is 1. The zero-order chi connectivity index (χ0) is 12.8. The fraction of sp³-hybridized carbons (Fsp3) is 0.308. The number of ether oxygens (including phenoxy) is 1. The minimum atomic E-state index is -0.970. The first-order valence-corrected chi connectivity index (χ1v) is 5.30. The van der Waals surface area contributed by atoms with Crippen molar-refractivity contribution in [3.05, 3.63) is 34.9 Å². The van der Waals surface area contributed by atoms with Crippen molar-refractivity contribution < 1.29 is 19.7 Å². The van der Waals surface area contributed by atoms with Crippen molar-refractivity contribution in [2.24, 2.45) is 0 Å². The number of aliphatic hydroxyl groups excluding tert-OH is 1. The van der Waals surface area contributed by atoms with Crippen LogP contribution in [0, 0.1) is 13.8 Å². The Hall–Kier alpha value is -1.81. The van der Waals surface area contributed by atoms with E-state index in [-0.39, 0.29) is 13.2 Å². The third kappa shape index (κ3) is 3.92. The van der Waals surface area contributed by atoms with Crippen LogP contribution in [0.1, 0.15) is 16.7 Å². The van der Waals surface area contributed by atoms with Gasteiger partial charge in [0.2, 0.25) is 0 Å². The first-order chi connectivity index (χ1) is 8.04. The van der Waals surface area contributed by atoms with Gasteiger partial charge in [0.05, 0.1) is 6.61 Å². The number of aliphatic carboxylic acids is 1. The molecule has 0 heterocycles. The molecule has 0 saturated carbocycles. The highest BCUT2D eigenvalue weighted by atomic mass is 16.5. The van der Waals surface area contributed by atoms with Gasteiger partial charge in [-0.05, 0) is 48.7 Å². The van der Waals surface area contributed by atoms with Crippen LogP contribution in [0.5, 0.6) is 5.75 Å². The number of rotatable bonds is 5. The summed E-state index contributed by atoms with van der Waals surface area (Å²) in [5.74, 6) is -0.258. The number of carboxylic acids is 1. The van der Waals surface area contributed by atoms with Crippen LogP contribution in [0.4, 0.5) is 0 Å². The highest BCUT2D eigenvalue weighted by Gasteiger charge is 2.04. The Morgan fingerprint density at radius 2 is 2.06 bits per heavy atom. The molecule has 0 aliphatic rings. The fourth-order valence-corrected chi connectivity index (χ4v) is 1.46. The molecule has 17 heavy (non-hydrogen) atoms. The largest absolute Gasteiger partial charge is 0.491 e. The smallest absolute Gasteiger partial charge is 0.328 e. The minimum absolute atomic E-state index is 0.0286. The summed E-state index contributed by atoms with van der Waals surface area (Å²) in [6.07, 6.45) is 2.66. The van der Waals surface area contributed by atoms with Crippen LogP contribution in [0.25, 0.3) is 6.08 Å². The summed E-state index contributed by atoms with van der Waals surface area (Å²) in [5.41, 5.74) is 2.69. The molecule has 1 rings (SSSR count). The maximum Gasteiger partial charge on any atom is 0.328 e. The second kappa shape index (κ2) is 6.06. The maximum atomic E-state index is 10.4. The van der Waals surface area contributed by atoms with Crippen molar-refractivity contribution in [1.29, 1.82) is 0 Å². The van der Waals surface area contributed by atoms with Gasteiger partial charge in [0.1, 0.15) is 12.4 Å². The summed E-state index contributed by atoms with van der Waals surface area (Å²) in [4.78, 5) is 10.4. The van der Waals surface area contributed by atoms with E-state index < -0.39 is 5.97 Å². The summed E-state index contributed by atoms with van der Waals surface area (Å²) in [6, 6.07) is 3.70. The maximum absolute atomic E-state index is 10.4. The van der Waals surface area contributed by atoms with E-state index in [2.05, 4.69) is 0 Å². The average molecular weight is 236 g/mol. The van der Waals surface area contributed by atoms with E-state index in [9.17, 15) is 4.79 Å². The predicted octanol–water partition coefficient (Wildman–Crippen LogP) is 1.77. The van der Waals surface area contributed by atoms with Crippen LogP contribution in [0.2, 0.25) is 0 Å². The van der Waals surface area contributed by atoms with E-state index in [1.807, 2.05) is 26.0 Å². The van der Waals surface area contributed by atoms with Crippen LogP contribution in [-0.4, -0.2) is 29.4 Å². The van der Waals surface area contributed by atoms with E-state index in [1.54, 1.807) is 6.08 Å². The summed E-state index contributed by atoms with van der Waals surface area (Å²) in [5, 5.41) is 17.3. The second-order valence-corrected chi connectivity index (χ2v) is 3.72. The summed E-state index contributed by atoms with van der Waals surface area (Å²) in [7, 11) is 0. The van der Waals surface area contributed by atoms with Crippen LogP contribution in [-0.2, 0) is 4.79 Å². The van der Waals surface area contributed by atoms with Crippen LogP contribution in [0.15, 0.2) is 18.2 Å².